The summed E-state index contributed by atoms with van der Waals surface area (Å²) in [6.45, 7) is 8.87. The minimum Gasteiger partial charge on any atom is -1.00 e. The molecule has 1 atom stereocenters. The van der Waals surface area contributed by atoms with Crippen LogP contribution in [0.5, 0.6) is 0 Å². The van der Waals surface area contributed by atoms with E-state index in [1.165, 1.54) is 16.9 Å². The van der Waals surface area contributed by atoms with Gasteiger partial charge in [-0.25, -0.2) is 14.5 Å². The third-order valence-corrected chi connectivity index (χ3v) is 7.20. The lowest BCUT2D eigenvalue weighted by Gasteiger charge is -2.30. The molecule has 5 heterocycles. The minimum absolute atomic E-state index is 0. The van der Waals surface area contributed by atoms with Gasteiger partial charge in [-0.3, -0.25) is 0 Å². The van der Waals surface area contributed by atoms with Crippen molar-refractivity contribution in [2.75, 3.05) is 9.80 Å². The number of fused-ring (bicyclic) bond motifs is 6. The Morgan fingerprint density at radius 3 is 2.24 bits per heavy atom. The molecule has 0 fully saturated rings. The average Bonchev–Trinajstić information content (AvgIpc) is 3.58. The van der Waals surface area contributed by atoms with E-state index >= 15 is 0 Å². The summed E-state index contributed by atoms with van der Waals surface area (Å²) in [5.41, 5.74) is 7.30. The summed E-state index contributed by atoms with van der Waals surface area (Å²) >= 11 is 0. The molecular weight excluding hydrogens is 583 g/mol. The fourth-order valence-electron chi connectivity index (χ4n) is 5.61. The van der Waals surface area contributed by atoms with Crippen molar-refractivity contribution in [2.24, 2.45) is 0 Å². The van der Waals surface area contributed by atoms with Crippen LogP contribution < -0.4 is 38.3 Å². The Morgan fingerprint density at radius 2 is 1.47 bits per heavy atom. The number of imidazole rings is 1. The van der Waals surface area contributed by atoms with E-state index < -0.39 is 0 Å². The van der Waals surface area contributed by atoms with Gasteiger partial charge in [0, 0.05) is 30.5 Å². The molecule has 5 aromatic rings. The molecule has 2 aromatic carbocycles. The van der Waals surface area contributed by atoms with Crippen LogP contribution in [-0.2, 0) is 6.42 Å². The zero-order chi connectivity index (χ0) is 25.5. The second kappa shape index (κ2) is 10.7. The standard InChI is InChI=1S/C16H17N3.C15H16N3.HI/c1-11(2)18-14-8-5-9-17-16(14)19-13-7-4-3-6-12(13)10-15(18)19;1-12(2)17-11-18(13-7-4-3-5-8-13)15-14(17)9-6-10-16-15;/h3-9,11,15H,10H2,1-2H3;3-12H,1-2H3;1H/q;+1;/p-1. The summed E-state index contributed by atoms with van der Waals surface area (Å²) in [6.07, 6.45) is 7.32. The van der Waals surface area contributed by atoms with E-state index in [1.54, 1.807) is 0 Å². The van der Waals surface area contributed by atoms with E-state index in [1.807, 2.05) is 42.7 Å². The number of para-hydroxylation sites is 2. The van der Waals surface area contributed by atoms with Gasteiger partial charge in [-0.15, -0.1) is 0 Å². The molecule has 0 N–H and O–H groups in total. The van der Waals surface area contributed by atoms with Crippen molar-refractivity contribution in [3.05, 3.63) is 103 Å². The number of benzene rings is 2. The van der Waals surface area contributed by atoms with Gasteiger partial charge in [0.1, 0.15) is 11.9 Å². The number of anilines is 3. The highest BCUT2D eigenvalue weighted by Crippen LogP contribution is 2.49. The molecule has 2 aliphatic rings. The average molecular weight is 617 g/mol. The van der Waals surface area contributed by atoms with Crippen LogP contribution in [0.25, 0.3) is 16.9 Å². The molecule has 194 valence electrons. The van der Waals surface area contributed by atoms with E-state index in [0.717, 1.165) is 29.1 Å². The number of rotatable bonds is 3. The largest absolute Gasteiger partial charge is 1.00 e. The molecule has 6 nitrogen and oxygen atoms in total. The number of pyridine rings is 2. The maximum atomic E-state index is 4.62. The number of hydrogen-bond acceptors (Lipinski definition) is 4. The molecule has 7 rings (SSSR count). The van der Waals surface area contributed by atoms with Crippen molar-refractivity contribution in [2.45, 2.75) is 52.4 Å². The van der Waals surface area contributed by atoms with Gasteiger partial charge in [-0.05, 0) is 75.7 Å². The minimum atomic E-state index is 0. The molecule has 0 saturated carbocycles. The zero-order valence-corrected chi connectivity index (χ0v) is 24.4. The molecule has 38 heavy (non-hydrogen) atoms. The lowest BCUT2D eigenvalue weighted by atomic mass is 10.1. The lowest BCUT2D eigenvalue weighted by molar-refractivity contribution is -0.691. The summed E-state index contributed by atoms with van der Waals surface area (Å²) in [5, 5.41) is 0. The van der Waals surface area contributed by atoms with Crippen LogP contribution >= 0.6 is 0 Å². The first-order chi connectivity index (χ1) is 18.0. The molecule has 0 bridgehead atoms. The molecule has 0 amide bonds. The second-order valence-electron chi connectivity index (χ2n) is 10.2. The molecular formula is C31H33IN6. The van der Waals surface area contributed by atoms with Crippen molar-refractivity contribution >= 4 is 28.4 Å². The van der Waals surface area contributed by atoms with Crippen LogP contribution in [0, 0.1) is 0 Å². The Hall–Kier alpha value is -3.46. The number of halogens is 1. The van der Waals surface area contributed by atoms with Crippen LogP contribution in [0.3, 0.4) is 0 Å². The van der Waals surface area contributed by atoms with Gasteiger partial charge < -0.3 is 33.8 Å². The normalized spacial score (nSPS) is 15.2. The van der Waals surface area contributed by atoms with Crippen molar-refractivity contribution in [3.63, 3.8) is 0 Å². The molecule has 1 unspecified atom stereocenters. The van der Waals surface area contributed by atoms with Gasteiger partial charge in [0.25, 0.3) is 12.0 Å². The van der Waals surface area contributed by atoms with Crippen molar-refractivity contribution < 1.29 is 28.5 Å². The smallest absolute Gasteiger partial charge is 0.273 e. The highest BCUT2D eigenvalue weighted by molar-refractivity contribution is 5.84. The van der Waals surface area contributed by atoms with E-state index in [0.29, 0.717) is 18.2 Å². The zero-order valence-electron chi connectivity index (χ0n) is 22.2. The van der Waals surface area contributed by atoms with Gasteiger partial charge in [-0.2, -0.15) is 4.57 Å². The quantitative estimate of drug-likeness (QED) is 0.231. The first-order valence-electron chi connectivity index (χ1n) is 13.1. The topological polar surface area (TPSA) is 41.1 Å². The number of aromatic nitrogens is 4. The van der Waals surface area contributed by atoms with Gasteiger partial charge in [0.2, 0.25) is 0 Å². The van der Waals surface area contributed by atoms with Crippen LogP contribution in [-0.4, -0.2) is 26.7 Å². The van der Waals surface area contributed by atoms with Gasteiger partial charge in [-0.1, -0.05) is 36.4 Å². The van der Waals surface area contributed by atoms with Crippen molar-refractivity contribution in [1.29, 1.82) is 0 Å². The molecule has 7 heteroatoms. The van der Waals surface area contributed by atoms with Crippen molar-refractivity contribution in [1.82, 2.24) is 14.5 Å². The highest BCUT2D eigenvalue weighted by Gasteiger charge is 2.43. The fraction of sp³-hybridized carbons (Fsp3) is 0.258. The summed E-state index contributed by atoms with van der Waals surface area (Å²) in [5.74, 6) is 1.10. The second-order valence-corrected chi connectivity index (χ2v) is 10.2. The van der Waals surface area contributed by atoms with E-state index in [4.69, 9.17) is 0 Å². The number of nitrogens with zero attached hydrogens (tertiary/aromatic N) is 6. The summed E-state index contributed by atoms with van der Waals surface area (Å²) < 4.78 is 4.38. The first kappa shape index (κ1) is 26.2. The fourth-order valence-corrected chi connectivity index (χ4v) is 5.61. The molecule has 2 aliphatic heterocycles. The summed E-state index contributed by atoms with van der Waals surface area (Å²) in [6, 6.07) is 28.2. The summed E-state index contributed by atoms with van der Waals surface area (Å²) in [4.78, 5) is 14.0. The van der Waals surface area contributed by atoms with E-state index in [9.17, 15) is 0 Å². The van der Waals surface area contributed by atoms with E-state index in [2.05, 4.69) is 111 Å². The van der Waals surface area contributed by atoms with Gasteiger partial charge in [0.05, 0.1) is 11.7 Å². The Morgan fingerprint density at radius 1 is 0.789 bits per heavy atom. The third-order valence-electron chi connectivity index (χ3n) is 7.20. The van der Waals surface area contributed by atoms with E-state index in [-0.39, 0.29) is 24.0 Å². The Labute approximate surface area is 241 Å². The Kier molecular flexibility index (Phi) is 7.38. The lowest BCUT2D eigenvalue weighted by Crippen LogP contribution is -3.00. The van der Waals surface area contributed by atoms with Crippen LogP contribution in [0.15, 0.2) is 97.6 Å². The SMILES string of the molecule is CC(C)N1c2cccnc2N2c3ccccc3CC21.CC(C)[n+]1cn(-c2ccccc2)c2ncccc21.[I-]. The molecule has 0 saturated heterocycles. The predicted molar refractivity (Wildman–Crippen MR) is 150 cm³/mol. The van der Waals surface area contributed by atoms with Gasteiger partial charge in [0.15, 0.2) is 11.3 Å². The third kappa shape index (κ3) is 4.42. The molecule has 0 aliphatic carbocycles. The number of hydrogen-bond donors (Lipinski definition) is 0. The maximum absolute atomic E-state index is 4.62. The predicted octanol–water partition coefficient (Wildman–Crippen LogP) is 3.23. The van der Waals surface area contributed by atoms with Crippen LogP contribution in [0.1, 0.15) is 39.3 Å². The monoisotopic (exact) mass is 616 g/mol. The highest BCUT2D eigenvalue weighted by atomic mass is 127. The molecule has 0 spiro atoms. The molecule has 0 radical (unpaired) electrons. The summed E-state index contributed by atoms with van der Waals surface area (Å²) in [7, 11) is 0. The van der Waals surface area contributed by atoms with Crippen molar-refractivity contribution in [3.8, 4) is 5.69 Å². The Balaban J connectivity index is 0.000000151. The first-order valence-corrected chi connectivity index (χ1v) is 13.1. The molecule has 3 aromatic heterocycles. The maximum Gasteiger partial charge on any atom is 0.273 e. The van der Waals surface area contributed by atoms with Crippen LogP contribution in [0.4, 0.5) is 17.2 Å². The van der Waals surface area contributed by atoms with Crippen LogP contribution in [0.2, 0.25) is 0 Å². The Bertz CT molecular complexity index is 1540. The van der Waals surface area contributed by atoms with Gasteiger partial charge >= 0.3 is 0 Å².